The molecule has 0 aliphatic rings. The van der Waals surface area contributed by atoms with Crippen molar-refractivity contribution in [3.8, 4) is 0 Å². The lowest BCUT2D eigenvalue weighted by molar-refractivity contribution is 0.611. The van der Waals surface area contributed by atoms with Crippen LogP contribution in [0.1, 0.15) is 57.5 Å². The Labute approximate surface area is 109 Å². The normalized spacial score (nSPS) is 11.0. The molecule has 0 aromatic carbocycles. The SMILES string of the molecule is CCCCCNCc1[nH]c(CCCC)nc1Cl. The van der Waals surface area contributed by atoms with E-state index < -0.39 is 0 Å². The lowest BCUT2D eigenvalue weighted by atomic mass is 10.2. The van der Waals surface area contributed by atoms with Gasteiger partial charge in [0, 0.05) is 13.0 Å². The molecule has 17 heavy (non-hydrogen) atoms. The van der Waals surface area contributed by atoms with E-state index in [0.29, 0.717) is 5.15 Å². The van der Waals surface area contributed by atoms with Gasteiger partial charge in [0.15, 0.2) is 5.15 Å². The Hall–Kier alpha value is -0.540. The first-order valence-corrected chi connectivity index (χ1v) is 7.09. The van der Waals surface area contributed by atoms with Crippen molar-refractivity contribution in [3.05, 3.63) is 16.7 Å². The fourth-order valence-electron chi connectivity index (χ4n) is 1.73. The van der Waals surface area contributed by atoms with E-state index in [-0.39, 0.29) is 0 Å². The van der Waals surface area contributed by atoms with Gasteiger partial charge in [0.1, 0.15) is 5.82 Å². The van der Waals surface area contributed by atoms with Crippen LogP contribution in [0.25, 0.3) is 0 Å². The highest BCUT2D eigenvalue weighted by atomic mass is 35.5. The van der Waals surface area contributed by atoms with Crippen molar-refractivity contribution >= 4 is 11.6 Å². The van der Waals surface area contributed by atoms with E-state index in [1.54, 1.807) is 0 Å². The smallest absolute Gasteiger partial charge is 0.151 e. The van der Waals surface area contributed by atoms with Gasteiger partial charge >= 0.3 is 0 Å². The summed E-state index contributed by atoms with van der Waals surface area (Å²) < 4.78 is 0. The minimum atomic E-state index is 0.624. The van der Waals surface area contributed by atoms with Crippen LogP contribution in [-0.4, -0.2) is 16.5 Å². The fraction of sp³-hybridized carbons (Fsp3) is 0.769. The maximum Gasteiger partial charge on any atom is 0.151 e. The van der Waals surface area contributed by atoms with Crippen LogP contribution in [0.4, 0.5) is 0 Å². The third kappa shape index (κ3) is 5.55. The van der Waals surface area contributed by atoms with Crippen LogP contribution in [0.2, 0.25) is 5.15 Å². The molecule has 2 N–H and O–H groups in total. The molecule has 0 atom stereocenters. The molecule has 0 aliphatic carbocycles. The number of aromatic nitrogens is 2. The lowest BCUT2D eigenvalue weighted by Crippen LogP contribution is -2.15. The third-order valence-electron chi connectivity index (χ3n) is 2.80. The molecule has 0 amide bonds. The van der Waals surface area contributed by atoms with Gasteiger partial charge in [-0.2, -0.15) is 0 Å². The zero-order valence-corrected chi connectivity index (χ0v) is 11.7. The molecule has 0 fully saturated rings. The number of nitrogens with zero attached hydrogens (tertiary/aromatic N) is 1. The van der Waals surface area contributed by atoms with E-state index >= 15 is 0 Å². The highest BCUT2D eigenvalue weighted by Gasteiger charge is 2.06. The van der Waals surface area contributed by atoms with Crippen LogP contribution in [0.3, 0.4) is 0 Å². The van der Waals surface area contributed by atoms with Gasteiger partial charge in [-0.3, -0.25) is 0 Å². The highest BCUT2D eigenvalue weighted by Crippen LogP contribution is 2.13. The summed E-state index contributed by atoms with van der Waals surface area (Å²) in [6, 6.07) is 0. The predicted octanol–water partition coefficient (Wildman–Crippen LogP) is 3.69. The molecule has 0 unspecified atom stereocenters. The Morgan fingerprint density at radius 3 is 2.65 bits per heavy atom. The molecule has 0 saturated carbocycles. The van der Waals surface area contributed by atoms with E-state index in [4.69, 9.17) is 11.6 Å². The lowest BCUT2D eigenvalue weighted by Gasteiger charge is -2.02. The second-order valence-corrected chi connectivity index (χ2v) is 4.80. The summed E-state index contributed by atoms with van der Waals surface area (Å²) in [6.07, 6.45) is 7.10. The highest BCUT2D eigenvalue weighted by molar-refractivity contribution is 6.30. The molecule has 0 spiro atoms. The first-order valence-electron chi connectivity index (χ1n) is 6.71. The number of hydrogen-bond acceptors (Lipinski definition) is 2. The molecular weight excluding hydrogens is 234 g/mol. The molecule has 4 heteroatoms. The van der Waals surface area contributed by atoms with Crippen molar-refractivity contribution in [3.63, 3.8) is 0 Å². The topological polar surface area (TPSA) is 40.7 Å². The van der Waals surface area contributed by atoms with Crippen LogP contribution in [-0.2, 0) is 13.0 Å². The molecule has 1 aromatic rings. The number of rotatable bonds is 9. The first kappa shape index (κ1) is 14.5. The van der Waals surface area contributed by atoms with Gasteiger partial charge in [-0.15, -0.1) is 0 Å². The average Bonchev–Trinajstić information content (AvgIpc) is 2.67. The van der Waals surface area contributed by atoms with Crippen LogP contribution in [0, 0.1) is 0 Å². The van der Waals surface area contributed by atoms with Crippen molar-refractivity contribution in [2.24, 2.45) is 0 Å². The van der Waals surface area contributed by atoms with Gasteiger partial charge in [0.25, 0.3) is 0 Å². The summed E-state index contributed by atoms with van der Waals surface area (Å²) in [4.78, 5) is 7.63. The minimum Gasteiger partial charge on any atom is -0.344 e. The molecule has 0 aliphatic heterocycles. The van der Waals surface area contributed by atoms with Gasteiger partial charge in [0.2, 0.25) is 0 Å². The fourth-order valence-corrected chi connectivity index (χ4v) is 1.95. The van der Waals surface area contributed by atoms with Crippen LogP contribution in [0.5, 0.6) is 0 Å². The van der Waals surface area contributed by atoms with Crippen molar-refractivity contribution in [2.75, 3.05) is 6.54 Å². The maximum atomic E-state index is 6.08. The molecule has 1 aromatic heterocycles. The molecule has 1 rings (SSSR count). The molecule has 3 nitrogen and oxygen atoms in total. The van der Waals surface area contributed by atoms with E-state index in [1.165, 1.54) is 25.7 Å². The van der Waals surface area contributed by atoms with Crippen molar-refractivity contribution in [1.29, 1.82) is 0 Å². The number of halogens is 1. The minimum absolute atomic E-state index is 0.624. The second-order valence-electron chi connectivity index (χ2n) is 4.44. The number of aromatic amines is 1. The van der Waals surface area contributed by atoms with E-state index in [9.17, 15) is 0 Å². The molecular formula is C13H24ClN3. The van der Waals surface area contributed by atoms with Crippen molar-refractivity contribution < 1.29 is 0 Å². The van der Waals surface area contributed by atoms with Gasteiger partial charge < -0.3 is 10.3 Å². The predicted molar refractivity (Wildman–Crippen MR) is 73.4 cm³/mol. The number of imidazole rings is 1. The van der Waals surface area contributed by atoms with Gasteiger partial charge in [-0.05, 0) is 19.4 Å². The quantitative estimate of drug-likeness (QED) is 0.663. The monoisotopic (exact) mass is 257 g/mol. The number of hydrogen-bond donors (Lipinski definition) is 2. The Morgan fingerprint density at radius 1 is 1.18 bits per heavy atom. The molecule has 0 radical (unpaired) electrons. The van der Waals surface area contributed by atoms with Gasteiger partial charge in [-0.25, -0.2) is 4.98 Å². The first-order chi connectivity index (χ1) is 8.27. The summed E-state index contributed by atoms with van der Waals surface area (Å²) in [6.45, 7) is 6.24. The largest absolute Gasteiger partial charge is 0.344 e. The molecule has 98 valence electrons. The van der Waals surface area contributed by atoms with Crippen LogP contribution < -0.4 is 5.32 Å². The average molecular weight is 258 g/mol. The maximum absolute atomic E-state index is 6.08. The summed E-state index contributed by atoms with van der Waals surface area (Å²) in [5.74, 6) is 1.02. The number of H-pyrrole nitrogens is 1. The summed E-state index contributed by atoms with van der Waals surface area (Å²) in [7, 11) is 0. The zero-order valence-electron chi connectivity index (χ0n) is 11.0. The third-order valence-corrected chi connectivity index (χ3v) is 3.12. The zero-order chi connectivity index (χ0) is 12.5. The summed E-state index contributed by atoms with van der Waals surface area (Å²) >= 11 is 6.08. The van der Waals surface area contributed by atoms with E-state index in [2.05, 4.69) is 29.1 Å². The van der Waals surface area contributed by atoms with E-state index in [0.717, 1.165) is 37.4 Å². The van der Waals surface area contributed by atoms with Crippen molar-refractivity contribution in [2.45, 2.75) is 58.9 Å². The Bertz CT molecular complexity index is 310. The molecule has 0 bridgehead atoms. The number of nitrogens with one attached hydrogen (secondary N) is 2. The summed E-state index contributed by atoms with van der Waals surface area (Å²) in [5.41, 5.74) is 1.02. The Balaban J connectivity index is 2.29. The Morgan fingerprint density at radius 2 is 1.94 bits per heavy atom. The van der Waals surface area contributed by atoms with Crippen LogP contribution >= 0.6 is 11.6 Å². The molecule has 1 heterocycles. The Kier molecular flexibility index (Phi) is 7.29. The standard InChI is InChI=1S/C13H24ClN3/c1-3-5-7-9-15-10-11-13(14)17-12(16-11)8-6-4-2/h15H,3-10H2,1-2H3,(H,16,17). The van der Waals surface area contributed by atoms with Gasteiger partial charge in [0.05, 0.1) is 5.69 Å². The number of unbranched alkanes of at least 4 members (excludes halogenated alkanes) is 3. The second kappa shape index (κ2) is 8.54. The summed E-state index contributed by atoms with van der Waals surface area (Å²) in [5, 5.41) is 4.02. The van der Waals surface area contributed by atoms with E-state index in [1.807, 2.05) is 0 Å². The number of aryl methyl sites for hydroxylation is 1. The molecule has 0 saturated heterocycles. The van der Waals surface area contributed by atoms with Crippen LogP contribution in [0.15, 0.2) is 0 Å². The van der Waals surface area contributed by atoms with Crippen molar-refractivity contribution in [1.82, 2.24) is 15.3 Å². The van der Waals surface area contributed by atoms with Gasteiger partial charge in [-0.1, -0.05) is 44.7 Å².